The van der Waals surface area contributed by atoms with Gasteiger partial charge in [0, 0.05) is 11.8 Å². The lowest BCUT2D eigenvalue weighted by molar-refractivity contribution is -0.0474. The third kappa shape index (κ3) is 4.26. The zero-order chi connectivity index (χ0) is 15.0. The summed E-state index contributed by atoms with van der Waals surface area (Å²) in [6.45, 7) is 1.47. The molecule has 0 unspecified atom stereocenters. The monoisotopic (exact) mass is 295 g/mol. The molecule has 0 aliphatic carbocycles. The number of hydrogen-bond acceptors (Lipinski definition) is 3. The van der Waals surface area contributed by atoms with Gasteiger partial charge in [0.1, 0.15) is 0 Å². The summed E-state index contributed by atoms with van der Waals surface area (Å²) < 4.78 is 10.9. The van der Waals surface area contributed by atoms with Gasteiger partial charge < -0.3 is 9.47 Å². The molecule has 0 bridgehead atoms. The van der Waals surface area contributed by atoms with Crippen LogP contribution in [0, 0.1) is 0 Å². The van der Waals surface area contributed by atoms with Crippen LogP contribution in [-0.2, 0) is 9.47 Å². The molecular formula is C19H21NO2. The number of ether oxygens (including phenoxy) is 2. The molecule has 0 radical (unpaired) electrons. The molecule has 1 aromatic heterocycles. The lowest BCUT2D eigenvalue weighted by atomic mass is 10.1. The molecule has 114 valence electrons. The largest absolute Gasteiger partial charge is 0.350 e. The summed E-state index contributed by atoms with van der Waals surface area (Å²) >= 11 is 0. The maximum Gasteiger partial charge on any atom is 0.157 e. The molecule has 0 spiro atoms. The van der Waals surface area contributed by atoms with Crippen LogP contribution < -0.4 is 0 Å². The molecule has 3 rings (SSSR count). The van der Waals surface area contributed by atoms with Gasteiger partial charge in [0.25, 0.3) is 0 Å². The fourth-order valence-corrected chi connectivity index (χ4v) is 2.53. The van der Waals surface area contributed by atoms with Gasteiger partial charge in [-0.2, -0.15) is 0 Å². The molecule has 3 nitrogen and oxygen atoms in total. The van der Waals surface area contributed by atoms with Crippen LogP contribution in [0.4, 0.5) is 0 Å². The standard InChI is InChI=1S/C19H21NO2/c1(3-11-19-21-13-14-22-19)2-7-16-8-6-9-17(15-16)18-10-4-5-12-20-18/h2,4-10,12,15,19H,1,3,11,13-14H2/b7-2+. The summed E-state index contributed by atoms with van der Waals surface area (Å²) in [7, 11) is 0. The molecule has 1 fully saturated rings. The van der Waals surface area contributed by atoms with Gasteiger partial charge in [-0.05, 0) is 43.0 Å². The van der Waals surface area contributed by atoms with E-state index in [-0.39, 0.29) is 6.29 Å². The average molecular weight is 295 g/mol. The molecule has 22 heavy (non-hydrogen) atoms. The zero-order valence-electron chi connectivity index (χ0n) is 12.7. The Morgan fingerprint density at radius 1 is 1.09 bits per heavy atom. The number of nitrogens with zero attached hydrogens (tertiary/aromatic N) is 1. The number of benzene rings is 1. The van der Waals surface area contributed by atoms with Crippen molar-refractivity contribution in [2.45, 2.75) is 25.6 Å². The molecule has 2 aromatic rings. The Balaban J connectivity index is 1.52. The molecule has 0 N–H and O–H groups in total. The first-order chi connectivity index (χ1) is 10.9. The highest BCUT2D eigenvalue weighted by Crippen LogP contribution is 2.19. The maximum atomic E-state index is 5.43. The Labute approximate surface area is 131 Å². The van der Waals surface area contributed by atoms with Crippen molar-refractivity contribution in [2.75, 3.05) is 13.2 Å². The van der Waals surface area contributed by atoms with E-state index < -0.39 is 0 Å². The van der Waals surface area contributed by atoms with Crippen LogP contribution in [0.2, 0.25) is 0 Å². The Hall–Kier alpha value is -1.97. The van der Waals surface area contributed by atoms with Crippen molar-refractivity contribution in [2.24, 2.45) is 0 Å². The van der Waals surface area contributed by atoms with Gasteiger partial charge in [-0.1, -0.05) is 36.4 Å². The molecule has 3 heteroatoms. The Bertz CT molecular complexity index is 604. The van der Waals surface area contributed by atoms with Gasteiger partial charge in [-0.25, -0.2) is 0 Å². The average Bonchev–Trinajstić information content (AvgIpc) is 3.09. The van der Waals surface area contributed by atoms with Crippen LogP contribution in [-0.4, -0.2) is 24.5 Å². The number of aromatic nitrogens is 1. The van der Waals surface area contributed by atoms with Crippen molar-refractivity contribution in [1.82, 2.24) is 4.98 Å². The fraction of sp³-hybridized carbons (Fsp3) is 0.316. The minimum Gasteiger partial charge on any atom is -0.350 e. The van der Waals surface area contributed by atoms with Crippen LogP contribution in [0.5, 0.6) is 0 Å². The van der Waals surface area contributed by atoms with Gasteiger partial charge >= 0.3 is 0 Å². The second-order valence-corrected chi connectivity index (χ2v) is 5.34. The molecule has 0 saturated carbocycles. The van der Waals surface area contributed by atoms with Crippen molar-refractivity contribution in [3.05, 3.63) is 60.3 Å². The van der Waals surface area contributed by atoms with E-state index in [0.717, 1.165) is 43.7 Å². The third-order valence-corrected chi connectivity index (χ3v) is 3.66. The molecule has 1 aliphatic heterocycles. The minimum absolute atomic E-state index is 0.0147. The van der Waals surface area contributed by atoms with Gasteiger partial charge in [0.2, 0.25) is 0 Å². The van der Waals surface area contributed by atoms with Gasteiger partial charge in [-0.15, -0.1) is 0 Å². The predicted octanol–water partition coefficient (Wildman–Crippen LogP) is 4.31. The topological polar surface area (TPSA) is 31.4 Å². The Morgan fingerprint density at radius 3 is 2.82 bits per heavy atom. The quantitative estimate of drug-likeness (QED) is 0.744. The van der Waals surface area contributed by atoms with E-state index in [2.05, 4.69) is 41.4 Å². The first kappa shape index (κ1) is 14.9. The van der Waals surface area contributed by atoms with Crippen LogP contribution in [0.25, 0.3) is 17.3 Å². The van der Waals surface area contributed by atoms with Crippen molar-refractivity contribution >= 4 is 6.08 Å². The second-order valence-electron chi connectivity index (χ2n) is 5.34. The highest BCUT2D eigenvalue weighted by Gasteiger charge is 2.14. The first-order valence-corrected chi connectivity index (χ1v) is 7.83. The van der Waals surface area contributed by atoms with Crippen LogP contribution in [0.1, 0.15) is 24.8 Å². The number of unbranched alkanes of at least 4 members (excludes halogenated alkanes) is 1. The summed E-state index contributed by atoms with van der Waals surface area (Å²) in [6, 6.07) is 14.4. The molecule has 1 saturated heterocycles. The van der Waals surface area contributed by atoms with Gasteiger partial charge in [0.05, 0.1) is 18.9 Å². The third-order valence-electron chi connectivity index (χ3n) is 3.66. The molecule has 2 heterocycles. The van der Waals surface area contributed by atoms with Crippen LogP contribution in [0.15, 0.2) is 54.7 Å². The van der Waals surface area contributed by atoms with Gasteiger partial charge in [-0.3, -0.25) is 4.98 Å². The smallest absolute Gasteiger partial charge is 0.157 e. The molecular weight excluding hydrogens is 274 g/mol. The lowest BCUT2D eigenvalue weighted by Gasteiger charge is -2.06. The van der Waals surface area contributed by atoms with Crippen molar-refractivity contribution in [1.29, 1.82) is 0 Å². The summed E-state index contributed by atoms with van der Waals surface area (Å²) in [6.07, 6.45) is 9.32. The summed E-state index contributed by atoms with van der Waals surface area (Å²) in [5.74, 6) is 0. The normalized spacial score (nSPS) is 15.6. The summed E-state index contributed by atoms with van der Waals surface area (Å²) in [4.78, 5) is 4.39. The maximum absolute atomic E-state index is 5.43. The zero-order valence-corrected chi connectivity index (χ0v) is 12.7. The summed E-state index contributed by atoms with van der Waals surface area (Å²) in [5, 5.41) is 0. The van der Waals surface area contributed by atoms with E-state index in [9.17, 15) is 0 Å². The number of rotatable bonds is 6. The lowest BCUT2D eigenvalue weighted by Crippen LogP contribution is -2.06. The predicted molar refractivity (Wildman–Crippen MR) is 88.3 cm³/mol. The number of hydrogen-bond donors (Lipinski definition) is 0. The Morgan fingerprint density at radius 2 is 2.00 bits per heavy atom. The molecule has 1 aromatic carbocycles. The fourth-order valence-electron chi connectivity index (χ4n) is 2.53. The van der Waals surface area contributed by atoms with E-state index >= 15 is 0 Å². The van der Waals surface area contributed by atoms with E-state index in [1.165, 1.54) is 5.56 Å². The molecule has 0 atom stereocenters. The number of pyridine rings is 1. The van der Waals surface area contributed by atoms with E-state index in [4.69, 9.17) is 9.47 Å². The van der Waals surface area contributed by atoms with E-state index in [1.807, 2.05) is 24.4 Å². The van der Waals surface area contributed by atoms with Crippen molar-refractivity contribution in [3.8, 4) is 11.3 Å². The second kappa shape index (κ2) is 7.87. The number of allylic oxidation sites excluding steroid dienone is 1. The van der Waals surface area contributed by atoms with Crippen molar-refractivity contribution in [3.63, 3.8) is 0 Å². The molecule has 1 aliphatic rings. The first-order valence-electron chi connectivity index (χ1n) is 7.83. The van der Waals surface area contributed by atoms with E-state index in [0.29, 0.717) is 0 Å². The SMILES string of the molecule is C(=C\c1cccc(-c2ccccn2)c1)/CCCC1OCCO1. The van der Waals surface area contributed by atoms with Gasteiger partial charge in [0.15, 0.2) is 6.29 Å². The highest BCUT2D eigenvalue weighted by molar-refractivity contribution is 5.64. The Kier molecular flexibility index (Phi) is 5.35. The van der Waals surface area contributed by atoms with E-state index in [1.54, 1.807) is 0 Å². The minimum atomic E-state index is 0.0147. The molecule has 0 amide bonds. The summed E-state index contributed by atoms with van der Waals surface area (Å²) in [5.41, 5.74) is 3.36. The highest BCUT2D eigenvalue weighted by atomic mass is 16.7. The van der Waals surface area contributed by atoms with Crippen LogP contribution >= 0.6 is 0 Å². The van der Waals surface area contributed by atoms with Crippen LogP contribution in [0.3, 0.4) is 0 Å². The van der Waals surface area contributed by atoms with Crippen molar-refractivity contribution < 1.29 is 9.47 Å².